The van der Waals surface area contributed by atoms with Crippen LogP contribution in [0.1, 0.15) is 10.4 Å². The molecule has 2 fully saturated rings. The van der Waals surface area contributed by atoms with E-state index >= 15 is 0 Å². The first kappa shape index (κ1) is 12.0. The van der Waals surface area contributed by atoms with Crippen LogP contribution in [0.2, 0.25) is 0 Å². The first-order valence-electron chi connectivity index (χ1n) is 6.20. The van der Waals surface area contributed by atoms with E-state index in [4.69, 9.17) is 5.73 Å². The third-order valence-corrected chi connectivity index (χ3v) is 4.63. The fraction of sp³-hybridized carbons (Fsp3) is 0.462. The number of carbonyl (C=O) groups excluding carboxylic acids is 1. The zero-order chi connectivity index (χ0) is 12.7. The second-order valence-corrected chi connectivity index (χ2v) is 5.97. The van der Waals surface area contributed by atoms with Crippen LogP contribution in [0.3, 0.4) is 0 Å². The van der Waals surface area contributed by atoms with Gasteiger partial charge in [-0.05, 0) is 46.0 Å². The summed E-state index contributed by atoms with van der Waals surface area (Å²) >= 11 is 3.42. The summed E-state index contributed by atoms with van der Waals surface area (Å²) in [5, 5.41) is 3.43. The smallest absolute Gasteiger partial charge is 0.249 e. The standard InChI is InChI=1S/C13H16BrN3O/c14-12-3-10(1-2-11(12)13(15)18)17-6-8-4-16-5-9(8)7-17/h1-3,8-9,16H,4-7H2,(H2,15,18)/t8-,9+. The van der Waals surface area contributed by atoms with Gasteiger partial charge in [-0.3, -0.25) is 4.79 Å². The Labute approximate surface area is 115 Å². The molecule has 2 aliphatic rings. The van der Waals surface area contributed by atoms with Gasteiger partial charge in [0.1, 0.15) is 0 Å². The molecular weight excluding hydrogens is 294 g/mol. The van der Waals surface area contributed by atoms with Gasteiger partial charge in [-0.2, -0.15) is 0 Å². The third-order valence-electron chi connectivity index (χ3n) is 3.97. The first-order chi connectivity index (χ1) is 8.65. The van der Waals surface area contributed by atoms with Crippen LogP contribution in [0.25, 0.3) is 0 Å². The van der Waals surface area contributed by atoms with E-state index in [0.717, 1.165) is 42.5 Å². The number of rotatable bonds is 2. The lowest BCUT2D eigenvalue weighted by molar-refractivity contribution is 0.0999. The molecule has 3 rings (SSSR count). The van der Waals surface area contributed by atoms with Crippen LogP contribution in [-0.2, 0) is 0 Å². The van der Waals surface area contributed by atoms with Gasteiger partial charge in [-0.15, -0.1) is 0 Å². The second kappa shape index (κ2) is 4.55. The highest BCUT2D eigenvalue weighted by Gasteiger charge is 2.36. The van der Waals surface area contributed by atoms with Crippen LogP contribution in [0.5, 0.6) is 0 Å². The van der Waals surface area contributed by atoms with E-state index in [1.165, 1.54) is 5.69 Å². The summed E-state index contributed by atoms with van der Waals surface area (Å²) in [7, 11) is 0. The predicted octanol–water partition coefficient (Wildman–Crippen LogP) is 1.20. The number of nitrogens with two attached hydrogens (primary N) is 1. The number of halogens is 1. The average Bonchev–Trinajstić information content (AvgIpc) is 2.87. The molecule has 3 N–H and O–H groups in total. The molecule has 18 heavy (non-hydrogen) atoms. The Kier molecular flexibility index (Phi) is 3.03. The van der Waals surface area contributed by atoms with Crippen LogP contribution in [0, 0.1) is 11.8 Å². The zero-order valence-electron chi connectivity index (χ0n) is 10.0. The summed E-state index contributed by atoms with van der Waals surface area (Å²) in [5.41, 5.74) is 7.01. The summed E-state index contributed by atoms with van der Waals surface area (Å²) in [6.45, 7) is 4.45. The van der Waals surface area contributed by atoms with Gasteiger partial charge in [0.15, 0.2) is 0 Å². The maximum Gasteiger partial charge on any atom is 0.249 e. The fourth-order valence-corrected chi connectivity index (χ4v) is 3.53. The number of nitrogens with zero attached hydrogens (tertiary/aromatic N) is 1. The lowest BCUT2D eigenvalue weighted by atomic mass is 10.0. The SMILES string of the molecule is NC(=O)c1ccc(N2C[C@H]3CNC[C@H]3C2)cc1Br. The van der Waals surface area contributed by atoms with Gasteiger partial charge < -0.3 is 16.0 Å². The van der Waals surface area contributed by atoms with Crippen molar-refractivity contribution in [3.05, 3.63) is 28.2 Å². The maximum atomic E-state index is 11.2. The average molecular weight is 310 g/mol. The number of anilines is 1. The Hall–Kier alpha value is -1.07. The monoisotopic (exact) mass is 309 g/mol. The van der Waals surface area contributed by atoms with Crippen molar-refractivity contribution in [2.75, 3.05) is 31.1 Å². The topological polar surface area (TPSA) is 58.4 Å². The summed E-state index contributed by atoms with van der Waals surface area (Å²) in [6, 6.07) is 5.78. The molecule has 0 saturated carbocycles. The van der Waals surface area contributed by atoms with Gasteiger partial charge in [0.2, 0.25) is 5.91 Å². The van der Waals surface area contributed by atoms with Crippen molar-refractivity contribution in [1.82, 2.24) is 5.32 Å². The highest BCUT2D eigenvalue weighted by Crippen LogP contribution is 2.32. The molecule has 0 spiro atoms. The Balaban J connectivity index is 1.81. The third kappa shape index (κ3) is 2.01. The number of fused-ring (bicyclic) bond motifs is 1. The van der Waals surface area contributed by atoms with Crippen molar-refractivity contribution in [3.63, 3.8) is 0 Å². The van der Waals surface area contributed by atoms with E-state index in [1.807, 2.05) is 12.1 Å². The number of benzene rings is 1. The Morgan fingerprint density at radius 3 is 2.56 bits per heavy atom. The normalized spacial score (nSPS) is 26.4. The minimum Gasteiger partial charge on any atom is -0.371 e. The van der Waals surface area contributed by atoms with E-state index in [9.17, 15) is 4.79 Å². The van der Waals surface area contributed by atoms with Crippen LogP contribution in [-0.4, -0.2) is 32.1 Å². The highest BCUT2D eigenvalue weighted by molar-refractivity contribution is 9.10. The number of primary amides is 1. The van der Waals surface area contributed by atoms with E-state index < -0.39 is 5.91 Å². The van der Waals surface area contributed by atoms with Crippen LogP contribution in [0.4, 0.5) is 5.69 Å². The van der Waals surface area contributed by atoms with Gasteiger partial charge in [-0.25, -0.2) is 0 Å². The molecule has 5 heteroatoms. The molecule has 1 aromatic rings. The Bertz CT molecular complexity index is 479. The molecule has 4 nitrogen and oxygen atoms in total. The Morgan fingerprint density at radius 2 is 2.00 bits per heavy atom. The predicted molar refractivity (Wildman–Crippen MR) is 74.7 cm³/mol. The Morgan fingerprint density at radius 1 is 1.33 bits per heavy atom. The summed E-state index contributed by atoms with van der Waals surface area (Å²) in [6.07, 6.45) is 0. The number of amides is 1. The van der Waals surface area contributed by atoms with Crippen molar-refractivity contribution in [1.29, 1.82) is 0 Å². The van der Waals surface area contributed by atoms with Crippen molar-refractivity contribution >= 4 is 27.5 Å². The molecule has 0 aromatic heterocycles. The van der Waals surface area contributed by atoms with Crippen LogP contribution in [0.15, 0.2) is 22.7 Å². The lowest BCUT2D eigenvalue weighted by Gasteiger charge is -2.20. The van der Waals surface area contributed by atoms with Gasteiger partial charge in [-0.1, -0.05) is 0 Å². The van der Waals surface area contributed by atoms with Crippen LogP contribution < -0.4 is 16.0 Å². The number of hydrogen-bond acceptors (Lipinski definition) is 3. The van der Waals surface area contributed by atoms with Gasteiger partial charge in [0.05, 0.1) is 5.56 Å². The first-order valence-corrected chi connectivity index (χ1v) is 6.99. The molecule has 96 valence electrons. The van der Waals surface area contributed by atoms with Crippen molar-refractivity contribution in [2.45, 2.75) is 0 Å². The summed E-state index contributed by atoms with van der Waals surface area (Å²) in [5.74, 6) is 1.13. The van der Waals surface area contributed by atoms with Crippen molar-refractivity contribution in [2.24, 2.45) is 17.6 Å². The van der Waals surface area contributed by atoms with E-state index in [-0.39, 0.29) is 0 Å². The van der Waals surface area contributed by atoms with Crippen LogP contribution >= 0.6 is 15.9 Å². The zero-order valence-corrected chi connectivity index (χ0v) is 11.6. The minimum absolute atomic E-state index is 0.393. The van der Waals surface area contributed by atoms with Crippen molar-refractivity contribution in [3.8, 4) is 0 Å². The lowest BCUT2D eigenvalue weighted by Crippen LogP contribution is -2.25. The van der Waals surface area contributed by atoms with Crippen molar-refractivity contribution < 1.29 is 4.79 Å². The second-order valence-electron chi connectivity index (χ2n) is 5.11. The molecule has 1 amide bonds. The maximum absolute atomic E-state index is 11.2. The molecule has 2 heterocycles. The number of hydrogen-bond donors (Lipinski definition) is 2. The summed E-state index contributed by atoms with van der Waals surface area (Å²) < 4.78 is 0.780. The fourth-order valence-electron chi connectivity index (χ4n) is 2.97. The van der Waals surface area contributed by atoms with Gasteiger partial charge in [0.25, 0.3) is 0 Å². The van der Waals surface area contributed by atoms with Gasteiger partial charge in [0, 0.05) is 36.3 Å². The molecule has 2 aliphatic heterocycles. The molecule has 0 aliphatic carbocycles. The van der Waals surface area contributed by atoms with E-state index in [2.05, 4.69) is 26.1 Å². The molecule has 0 radical (unpaired) electrons. The molecule has 2 atom stereocenters. The van der Waals surface area contributed by atoms with E-state index in [1.54, 1.807) is 6.07 Å². The largest absolute Gasteiger partial charge is 0.371 e. The molecule has 2 saturated heterocycles. The molecule has 0 bridgehead atoms. The molecule has 0 unspecified atom stereocenters. The van der Waals surface area contributed by atoms with E-state index in [0.29, 0.717) is 5.56 Å². The molecular formula is C13H16BrN3O. The summed E-state index contributed by atoms with van der Waals surface area (Å²) in [4.78, 5) is 13.6. The quantitative estimate of drug-likeness (QED) is 0.863. The minimum atomic E-state index is -0.393. The highest BCUT2D eigenvalue weighted by atomic mass is 79.9. The molecule has 1 aromatic carbocycles. The van der Waals surface area contributed by atoms with Gasteiger partial charge >= 0.3 is 0 Å². The number of nitrogens with one attached hydrogen (secondary N) is 1. The number of carbonyl (C=O) groups is 1.